The third kappa shape index (κ3) is 4.83. The van der Waals surface area contributed by atoms with Gasteiger partial charge in [0, 0.05) is 18.1 Å². The maximum atomic E-state index is 12.3. The molecule has 2 aliphatic heterocycles. The molecule has 9 nitrogen and oxygen atoms in total. The highest BCUT2D eigenvalue weighted by Gasteiger charge is 2.30. The monoisotopic (exact) mass is 496 g/mol. The lowest BCUT2D eigenvalue weighted by molar-refractivity contribution is -0.124. The molecule has 2 aliphatic rings. The number of carbonyl (C=O) groups excluding carboxylic acids is 3. The molecule has 0 aliphatic carbocycles. The second-order valence-corrected chi connectivity index (χ2v) is 8.11. The molecule has 2 heterocycles. The first kappa shape index (κ1) is 23.2. The quantitative estimate of drug-likeness (QED) is 0.644. The molecule has 1 N–H and O–H groups in total. The Morgan fingerprint density at radius 3 is 2.53 bits per heavy atom. The lowest BCUT2D eigenvalue weighted by Gasteiger charge is -2.22. The number of hydrogen-bond donors (Lipinski definition) is 1. The Labute approximate surface area is 203 Å². The maximum absolute atomic E-state index is 12.3. The van der Waals surface area contributed by atoms with Crippen LogP contribution < -0.4 is 9.75 Å². The SMILES string of the molecule is N#CC1=NN(c2cc(Cl)c(OC3=NCC(=O)C(Cc4cccc(O)c4)=C3)c(Cl)c2)C(=O)CC1=O. The molecule has 34 heavy (non-hydrogen) atoms. The Hall–Kier alpha value is -4.00. The molecule has 1 amide bonds. The van der Waals surface area contributed by atoms with Crippen molar-refractivity contribution in [2.75, 3.05) is 11.6 Å². The van der Waals surface area contributed by atoms with Gasteiger partial charge in [0.15, 0.2) is 11.5 Å². The summed E-state index contributed by atoms with van der Waals surface area (Å²) in [5.74, 6) is -1.26. The second kappa shape index (κ2) is 9.47. The van der Waals surface area contributed by atoms with Gasteiger partial charge in [-0.05, 0) is 29.8 Å². The topological polar surface area (TPSA) is 132 Å². The van der Waals surface area contributed by atoms with Crippen molar-refractivity contribution in [3.05, 3.63) is 63.7 Å². The molecular formula is C23H14Cl2N4O5. The number of aliphatic imine (C=N–C) groups is 1. The summed E-state index contributed by atoms with van der Waals surface area (Å²) in [5.41, 5.74) is 0.913. The number of dihydropyridines is 1. The first-order chi connectivity index (χ1) is 16.2. The fourth-order valence-electron chi connectivity index (χ4n) is 3.29. The minimum Gasteiger partial charge on any atom is -0.508 e. The van der Waals surface area contributed by atoms with Crippen LogP contribution in [0.5, 0.6) is 11.5 Å². The lowest BCUT2D eigenvalue weighted by atomic mass is 9.99. The van der Waals surface area contributed by atoms with Crippen LogP contribution in [0.25, 0.3) is 0 Å². The van der Waals surface area contributed by atoms with Crippen LogP contribution >= 0.6 is 23.2 Å². The number of rotatable bonds is 4. The number of phenolic OH excluding ortho intramolecular Hbond substituents is 1. The van der Waals surface area contributed by atoms with Crippen molar-refractivity contribution in [3.8, 4) is 17.6 Å². The average molecular weight is 497 g/mol. The predicted octanol–water partition coefficient (Wildman–Crippen LogP) is 3.41. The molecule has 2 aromatic carbocycles. The molecule has 0 unspecified atom stereocenters. The Balaban J connectivity index is 1.59. The average Bonchev–Trinajstić information content (AvgIpc) is 2.78. The van der Waals surface area contributed by atoms with Gasteiger partial charge in [-0.15, -0.1) is 0 Å². The van der Waals surface area contributed by atoms with Crippen LogP contribution in [0.1, 0.15) is 12.0 Å². The summed E-state index contributed by atoms with van der Waals surface area (Å²) >= 11 is 12.7. The number of benzene rings is 2. The summed E-state index contributed by atoms with van der Waals surface area (Å²) in [7, 11) is 0. The van der Waals surface area contributed by atoms with Crippen LogP contribution in [0.15, 0.2) is 58.1 Å². The Morgan fingerprint density at radius 1 is 1.12 bits per heavy atom. The van der Waals surface area contributed by atoms with Crippen LogP contribution in [0, 0.1) is 11.3 Å². The summed E-state index contributed by atoms with van der Waals surface area (Å²) in [6.45, 7) is -0.130. The number of aromatic hydroxyl groups is 1. The zero-order chi connectivity index (χ0) is 24.4. The van der Waals surface area contributed by atoms with E-state index < -0.39 is 23.8 Å². The number of carbonyl (C=O) groups is 3. The number of phenols is 1. The van der Waals surface area contributed by atoms with Crippen LogP contribution in [-0.4, -0.2) is 40.7 Å². The molecular weight excluding hydrogens is 483 g/mol. The maximum Gasteiger partial charge on any atom is 0.255 e. The van der Waals surface area contributed by atoms with E-state index in [4.69, 9.17) is 33.2 Å². The summed E-state index contributed by atoms with van der Waals surface area (Å²) in [6, 6.07) is 10.9. The third-order valence-electron chi connectivity index (χ3n) is 4.89. The van der Waals surface area contributed by atoms with E-state index in [9.17, 15) is 19.5 Å². The van der Waals surface area contributed by atoms with Gasteiger partial charge in [0.05, 0.1) is 22.2 Å². The largest absolute Gasteiger partial charge is 0.508 e. The minimum absolute atomic E-state index is 0.0171. The number of hydrazone groups is 1. The number of halogens is 2. The predicted molar refractivity (Wildman–Crippen MR) is 124 cm³/mol. The van der Waals surface area contributed by atoms with E-state index in [1.54, 1.807) is 24.3 Å². The van der Waals surface area contributed by atoms with Gasteiger partial charge in [-0.25, -0.2) is 4.99 Å². The zero-order valence-electron chi connectivity index (χ0n) is 17.3. The van der Waals surface area contributed by atoms with Gasteiger partial charge in [-0.3, -0.25) is 14.4 Å². The second-order valence-electron chi connectivity index (χ2n) is 7.30. The summed E-state index contributed by atoms with van der Waals surface area (Å²) in [4.78, 5) is 40.3. The van der Waals surface area contributed by atoms with E-state index in [1.165, 1.54) is 24.3 Å². The van der Waals surface area contributed by atoms with Crippen LogP contribution in [0.2, 0.25) is 10.0 Å². The fourth-order valence-corrected chi connectivity index (χ4v) is 3.84. The van der Waals surface area contributed by atoms with Gasteiger partial charge in [0.25, 0.3) is 5.91 Å². The minimum atomic E-state index is -0.668. The highest BCUT2D eigenvalue weighted by molar-refractivity contribution is 6.50. The van der Waals surface area contributed by atoms with Crippen molar-refractivity contribution in [1.29, 1.82) is 5.26 Å². The molecule has 0 saturated carbocycles. The van der Waals surface area contributed by atoms with Crippen LogP contribution in [0.3, 0.4) is 0 Å². The fraction of sp³-hybridized carbons (Fsp3) is 0.130. The van der Waals surface area contributed by atoms with Gasteiger partial charge in [0.1, 0.15) is 18.4 Å². The Morgan fingerprint density at radius 2 is 1.85 bits per heavy atom. The van der Waals surface area contributed by atoms with E-state index >= 15 is 0 Å². The number of hydrogen-bond acceptors (Lipinski definition) is 8. The standard InChI is InChI=1S/C23H14Cl2N4O5/c24-16-7-14(29-22(33)9-19(31)18(10-26)28-29)8-17(25)23(16)34-21-6-13(20(32)11-27-21)4-12-2-1-3-15(30)5-12/h1-3,5-8,30H,4,9,11H2. The number of ketones is 2. The number of amides is 1. The third-order valence-corrected chi connectivity index (χ3v) is 5.45. The van der Waals surface area contributed by atoms with Gasteiger partial charge >= 0.3 is 0 Å². The molecule has 0 atom stereocenters. The normalized spacial score (nSPS) is 16.0. The zero-order valence-corrected chi connectivity index (χ0v) is 18.8. The van der Waals surface area contributed by atoms with E-state index in [-0.39, 0.29) is 51.9 Å². The highest BCUT2D eigenvalue weighted by Crippen LogP contribution is 2.38. The molecule has 0 fully saturated rings. The van der Waals surface area contributed by atoms with E-state index in [0.717, 1.165) is 10.6 Å². The van der Waals surface area contributed by atoms with Crippen molar-refractivity contribution in [1.82, 2.24) is 0 Å². The molecule has 4 rings (SSSR count). The van der Waals surface area contributed by atoms with Gasteiger partial charge < -0.3 is 9.84 Å². The van der Waals surface area contributed by atoms with Gasteiger partial charge in [-0.2, -0.15) is 15.4 Å². The number of ether oxygens (including phenoxy) is 1. The molecule has 0 spiro atoms. The van der Waals surface area contributed by atoms with Gasteiger partial charge in [-0.1, -0.05) is 35.3 Å². The molecule has 0 aromatic heterocycles. The molecule has 2 aromatic rings. The van der Waals surface area contributed by atoms with Crippen molar-refractivity contribution in [2.24, 2.45) is 10.1 Å². The van der Waals surface area contributed by atoms with Gasteiger partial charge in [0.2, 0.25) is 17.4 Å². The summed E-state index contributed by atoms with van der Waals surface area (Å²) in [6.07, 6.45) is 1.24. The summed E-state index contributed by atoms with van der Waals surface area (Å²) in [5, 5.41) is 23.4. The smallest absolute Gasteiger partial charge is 0.255 e. The lowest BCUT2D eigenvalue weighted by Crippen LogP contribution is -2.36. The summed E-state index contributed by atoms with van der Waals surface area (Å²) < 4.78 is 5.75. The van der Waals surface area contributed by atoms with E-state index in [1.807, 2.05) is 0 Å². The molecule has 0 saturated heterocycles. The van der Waals surface area contributed by atoms with Crippen LogP contribution in [-0.2, 0) is 20.8 Å². The van der Waals surface area contributed by atoms with Crippen molar-refractivity contribution in [3.63, 3.8) is 0 Å². The van der Waals surface area contributed by atoms with Crippen molar-refractivity contribution < 1.29 is 24.2 Å². The molecule has 170 valence electrons. The van der Waals surface area contributed by atoms with Crippen LogP contribution in [0.4, 0.5) is 5.69 Å². The first-order valence-corrected chi connectivity index (χ1v) is 10.6. The number of nitriles is 1. The number of Topliss-reactive ketones (excluding diaryl/α,β-unsaturated/α-hetero) is 2. The highest BCUT2D eigenvalue weighted by atomic mass is 35.5. The van der Waals surface area contributed by atoms with Crippen molar-refractivity contribution in [2.45, 2.75) is 12.8 Å². The number of nitrogens with zero attached hydrogens (tertiary/aromatic N) is 4. The Kier molecular flexibility index (Phi) is 6.45. The first-order valence-electron chi connectivity index (χ1n) is 9.83. The molecule has 0 bridgehead atoms. The molecule has 0 radical (unpaired) electrons. The van der Waals surface area contributed by atoms with Crippen molar-refractivity contribution >= 4 is 58.0 Å². The Bertz CT molecular complexity index is 1350. The van der Waals surface area contributed by atoms with E-state index in [2.05, 4.69) is 10.1 Å². The molecule has 11 heteroatoms. The number of anilines is 1. The van der Waals surface area contributed by atoms with E-state index in [0.29, 0.717) is 5.57 Å².